The second-order valence-electron chi connectivity index (χ2n) is 7.57. The van der Waals surface area contributed by atoms with Crippen LogP contribution in [0.1, 0.15) is 12.0 Å². The van der Waals surface area contributed by atoms with Gasteiger partial charge in [-0.3, -0.25) is 4.79 Å². The first-order valence-electron chi connectivity index (χ1n) is 10.1. The molecule has 0 aliphatic carbocycles. The van der Waals surface area contributed by atoms with E-state index in [-0.39, 0.29) is 12.5 Å². The number of nitrogens with zero attached hydrogens (tertiary/aromatic N) is 1. The van der Waals surface area contributed by atoms with Gasteiger partial charge in [0.15, 0.2) is 6.61 Å². The van der Waals surface area contributed by atoms with Crippen LogP contribution in [0.4, 0.5) is 0 Å². The third kappa shape index (κ3) is 5.64. The Morgan fingerprint density at radius 3 is 2.55 bits per heavy atom. The Hall–Kier alpha value is -3.32. The van der Waals surface area contributed by atoms with Crippen molar-refractivity contribution >= 4 is 16.9 Å². The fraction of sp³-hybridized carbons (Fsp3) is 0.333. The molecule has 0 saturated heterocycles. The number of ether oxygens (including phenoxy) is 2. The van der Waals surface area contributed by atoms with Gasteiger partial charge in [0.05, 0.1) is 7.11 Å². The molecule has 2 aromatic carbocycles. The monoisotopic (exact) mass is 424 g/mol. The van der Waals surface area contributed by atoms with Crippen molar-refractivity contribution in [2.24, 2.45) is 0 Å². The normalized spacial score (nSPS) is 11.0. The molecular formula is C24H28N2O5. The Morgan fingerprint density at radius 2 is 1.87 bits per heavy atom. The van der Waals surface area contributed by atoms with Crippen LogP contribution in [0, 0.1) is 6.92 Å². The van der Waals surface area contributed by atoms with Gasteiger partial charge in [0.1, 0.15) is 17.1 Å². The molecule has 0 bridgehead atoms. The lowest BCUT2D eigenvalue weighted by Gasteiger charge is -2.13. The number of hydrogen-bond acceptors (Lipinski definition) is 6. The van der Waals surface area contributed by atoms with Gasteiger partial charge in [0, 0.05) is 23.6 Å². The van der Waals surface area contributed by atoms with Gasteiger partial charge in [-0.2, -0.15) is 0 Å². The van der Waals surface area contributed by atoms with E-state index in [4.69, 9.17) is 13.9 Å². The summed E-state index contributed by atoms with van der Waals surface area (Å²) in [5.74, 6) is 1.06. The molecule has 0 saturated carbocycles. The van der Waals surface area contributed by atoms with Gasteiger partial charge in [-0.25, -0.2) is 4.79 Å². The number of hydrogen-bond donors (Lipinski definition) is 1. The molecule has 0 unspecified atom stereocenters. The van der Waals surface area contributed by atoms with Crippen LogP contribution in [0.2, 0.25) is 0 Å². The van der Waals surface area contributed by atoms with E-state index in [0.29, 0.717) is 23.4 Å². The number of fused-ring (bicyclic) bond motifs is 1. The lowest BCUT2D eigenvalue weighted by atomic mass is 10.00. The Morgan fingerprint density at radius 1 is 1.13 bits per heavy atom. The highest BCUT2D eigenvalue weighted by atomic mass is 16.5. The fourth-order valence-corrected chi connectivity index (χ4v) is 3.33. The number of carbonyl (C=O) groups is 1. The zero-order valence-electron chi connectivity index (χ0n) is 18.4. The highest BCUT2D eigenvalue weighted by Crippen LogP contribution is 2.33. The summed E-state index contributed by atoms with van der Waals surface area (Å²) in [5.41, 5.74) is 2.32. The van der Waals surface area contributed by atoms with E-state index in [1.165, 1.54) is 6.07 Å². The lowest BCUT2D eigenvalue weighted by Crippen LogP contribution is -2.31. The molecule has 31 heavy (non-hydrogen) atoms. The lowest BCUT2D eigenvalue weighted by molar-refractivity contribution is -0.123. The third-order valence-corrected chi connectivity index (χ3v) is 4.98. The third-order valence-electron chi connectivity index (χ3n) is 4.98. The molecule has 0 atom stereocenters. The topological polar surface area (TPSA) is 81.0 Å². The van der Waals surface area contributed by atoms with E-state index in [0.717, 1.165) is 35.2 Å². The van der Waals surface area contributed by atoms with E-state index in [2.05, 4.69) is 10.2 Å². The fourth-order valence-electron chi connectivity index (χ4n) is 3.33. The van der Waals surface area contributed by atoms with Crippen molar-refractivity contribution in [2.75, 3.05) is 40.9 Å². The smallest absolute Gasteiger partial charge is 0.336 e. The first kappa shape index (κ1) is 22.4. The summed E-state index contributed by atoms with van der Waals surface area (Å²) in [6, 6.07) is 12.6. The van der Waals surface area contributed by atoms with Crippen LogP contribution in [0.5, 0.6) is 11.5 Å². The zero-order chi connectivity index (χ0) is 22.4. The first-order chi connectivity index (χ1) is 14.9. The maximum absolute atomic E-state index is 12.2. The average Bonchev–Trinajstić information content (AvgIpc) is 2.76. The predicted octanol–water partition coefficient (Wildman–Crippen LogP) is 3.22. The molecule has 0 fully saturated rings. The molecule has 0 aliphatic rings. The van der Waals surface area contributed by atoms with Crippen molar-refractivity contribution < 1.29 is 18.7 Å². The van der Waals surface area contributed by atoms with Gasteiger partial charge < -0.3 is 24.1 Å². The van der Waals surface area contributed by atoms with E-state index >= 15 is 0 Å². The largest absolute Gasteiger partial charge is 0.497 e. The van der Waals surface area contributed by atoms with E-state index in [9.17, 15) is 9.59 Å². The van der Waals surface area contributed by atoms with E-state index < -0.39 is 5.63 Å². The van der Waals surface area contributed by atoms with Crippen LogP contribution in [-0.4, -0.2) is 51.7 Å². The minimum atomic E-state index is -0.447. The van der Waals surface area contributed by atoms with Crippen molar-refractivity contribution in [1.29, 1.82) is 0 Å². The second kappa shape index (κ2) is 10.1. The molecule has 7 nitrogen and oxygen atoms in total. The highest BCUT2D eigenvalue weighted by Gasteiger charge is 2.14. The number of methoxy groups -OCH3 is 1. The van der Waals surface area contributed by atoms with Crippen LogP contribution in [0.15, 0.2) is 51.7 Å². The summed E-state index contributed by atoms with van der Waals surface area (Å²) in [7, 11) is 5.59. The van der Waals surface area contributed by atoms with E-state index in [1.807, 2.05) is 51.4 Å². The number of nitrogens with one attached hydrogen (secondary N) is 1. The molecule has 1 amide bonds. The molecule has 0 aliphatic heterocycles. The Labute approximate surface area is 181 Å². The van der Waals surface area contributed by atoms with Crippen molar-refractivity contribution in [2.45, 2.75) is 13.3 Å². The van der Waals surface area contributed by atoms with Crippen molar-refractivity contribution in [1.82, 2.24) is 10.2 Å². The van der Waals surface area contributed by atoms with Gasteiger partial charge in [-0.05, 0) is 69.4 Å². The Kier molecular flexibility index (Phi) is 7.31. The van der Waals surface area contributed by atoms with Crippen molar-refractivity contribution in [3.05, 3.63) is 58.4 Å². The SMILES string of the molecule is COc1ccc(-c2cc(=O)oc3c(C)c(OCC(=O)NCCCN(C)C)ccc23)cc1. The first-order valence-corrected chi connectivity index (χ1v) is 10.1. The molecule has 7 heteroatoms. The standard InChI is InChI=1S/C24H28N2O5/c1-16-21(30-15-22(27)25-12-5-13-26(2)3)11-10-19-20(14-23(28)31-24(16)19)17-6-8-18(29-4)9-7-17/h6-11,14H,5,12-13,15H2,1-4H3,(H,25,27). The quantitative estimate of drug-likeness (QED) is 0.420. The molecule has 1 aromatic heterocycles. The van der Waals surface area contributed by atoms with Crippen molar-refractivity contribution in [3.63, 3.8) is 0 Å². The molecule has 0 spiro atoms. The zero-order valence-corrected chi connectivity index (χ0v) is 18.4. The van der Waals surface area contributed by atoms with Crippen LogP contribution < -0.4 is 20.4 Å². The molecule has 1 heterocycles. The van der Waals surface area contributed by atoms with Gasteiger partial charge in [-0.15, -0.1) is 0 Å². The minimum Gasteiger partial charge on any atom is -0.497 e. The summed E-state index contributed by atoms with van der Waals surface area (Å²) < 4.78 is 16.4. The van der Waals surface area contributed by atoms with Crippen LogP contribution in [0.3, 0.4) is 0 Å². The second-order valence-corrected chi connectivity index (χ2v) is 7.57. The van der Waals surface area contributed by atoms with Gasteiger partial charge in [-0.1, -0.05) is 12.1 Å². The maximum atomic E-state index is 12.2. The highest BCUT2D eigenvalue weighted by molar-refractivity contribution is 5.95. The Bertz CT molecular complexity index is 1100. The number of benzene rings is 2. The van der Waals surface area contributed by atoms with Gasteiger partial charge >= 0.3 is 5.63 Å². The summed E-state index contributed by atoms with van der Waals surface area (Å²) in [6.45, 7) is 3.21. The number of rotatable bonds is 9. The summed E-state index contributed by atoms with van der Waals surface area (Å²) in [4.78, 5) is 26.3. The van der Waals surface area contributed by atoms with Crippen molar-refractivity contribution in [3.8, 4) is 22.6 Å². The number of aryl methyl sites for hydroxylation is 1. The average molecular weight is 424 g/mol. The summed E-state index contributed by atoms with van der Waals surface area (Å²) in [5, 5.41) is 3.63. The molecule has 3 aromatic rings. The minimum absolute atomic E-state index is 0.100. The van der Waals surface area contributed by atoms with Crippen LogP contribution in [0.25, 0.3) is 22.1 Å². The molecule has 1 N–H and O–H groups in total. The summed E-state index contributed by atoms with van der Waals surface area (Å²) in [6.07, 6.45) is 0.868. The molecule has 0 radical (unpaired) electrons. The van der Waals surface area contributed by atoms with Crippen LogP contribution >= 0.6 is 0 Å². The Balaban J connectivity index is 1.79. The van der Waals surface area contributed by atoms with Gasteiger partial charge in [0.2, 0.25) is 0 Å². The van der Waals surface area contributed by atoms with Crippen LogP contribution in [-0.2, 0) is 4.79 Å². The predicted molar refractivity (Wildman–Crippen MR) is 121 cm³/mol. The molecular weight excluding hydrogens is 396 g/mol. The maximum Gasteiger partial charge on any atom is 0.336 e. The number of amides is 1. The molecule has 164 valence electrons. The van der Waals surface area contributed by atoms with E-state index in [1.54, 1.807) is 13.2 Å². The summed E-state index contributed by atoms with van der Waals surface area (Å²) >= 11 is 0. The van der Waals surface area contributed by atoms with Gasteiger partial charge in [0.25, 0.3) is 5.91 Å². The number of carbonyl (C=O) groups excluding carboxylic acids is 1. The molecule has 3 rings (SSSR count).